The fraction of sp³-hybridized carbons (Fsp3) is 0.125. The number of aromatic carboxylic acids is 1. The first-order chi connectivity index (χ1) is 6.06. The second-order valence-corrected chi connectivity index (χ2v) is 4.29. The second-order valence-electron chi connectivity index (χ2n) is 2.27. The number of carbonyl (C=O) groups is 1. The molecule has 0 heterocycles. The van der Waals surface area contributed by atoms with Crippen LogP contribution in [0.5, 0.6) is 5.75 Å². The zero-order valence-electron chi connectivity index (χ0n) is 6.67. The van der Waals surface area contributed by atoms with E-state index in [1.807, 2.05) is 22.6 Å². The summed E-state index contributed by atoms with van der Waals surface area (Å²) < 4.78 is 6.32. The summed E-state index contributed by atoms with van der Waals surface area (Å²) in [6, 6.07) is 3.21. The van der Waals surface area contributed by atoms with Gasteiger partial charge in [0.05, 0.1) is 17.1 Å². The number of carboxylic acid groups (broad SMARTS) is 1. The lowest BCUT2D eigenvalue weighted by Gasteiger charge is -2.05. The first kappa shape index (κ1) is 10.8. The van der Waals surface area contributed by atoms with Crippen LogP contribution >= 0.6 is 38.5 Å². The van der Waals surface area contributed by atoms with Crippen molar-refractivity contribution in [2.45, 2.75) is 0 Å². The van der Waals surface area contributed by atoms with Crippen molar-refractivity contribution < 1.29 is 14.6 Å². The van der Waals surface area contributed by atoms with Gasteiger partial charge in [-0.15, -0.1) is 0 Å². The highest BCUT2D eigenvalue weighted by atomic mass is 127. The number of hydrogen-bond acceptors (Lipinski definition) is 2. The lowest BCUT2D eigenvalue weighted by atomic mass is 10.2. The van der Waals surface area contributed by atoms with Crippen LogP contribution < -0.4 is 4.74 Å². The fourth-order valence-electron chi connectivity index (χ4n) is 0.849. The summed E-state index contributed by atoms with van der Waals surface area (Å²) in [5.41, 5.74) is 0.272. The number of hydrogen-bond donors (Lipinski definition) is 1. The Morgan fingerprint density at radius 2 is 2.23 bits per heavy atom. The maximum atomic E-state index is 10.7. The molecule has 70 valence electrons. The van der Waals surface area contributed by atoms with Crippen LogP contribution in [0.3, 0.4) is 0 Å². The molecule has 1 rings (SSSR count). The molecule has 0 amide bonds. The third-order valence-corrected chi connectivity index (χ3v) is 2.98. The zero-order chi connectivity index (χ0) is 10.0. The Labute approximate surface area is 97.4 Å². The van der Waals surface area contributed by atoms with Crippen molar-refractivity contribution >= 4 is 44.5 Å². The lowest BCUT2D eigenvalue weighted by Crippen LogP contribution is -2.00. The van der Waals surface area contributed by atoms with Gasteiger partial charge in [-0.2, -0.15) is 0 Å². The van der Waals surface area contributed by atoms with Crippen molar-refractivity contribution in [2.75, 3.05) is 7.11 Å². The van der Waals surface area contributed by atoms with Crippen molar-refractivity contribution in [3.05, 3.63) is 25.7 Å². The molecule has 0 fully saturated rings. The first-order valence-corrected chi connectivity index (χ1v) is 5.19. The van der Waals surface area contributed by atoms with Crippen molar-refractivity contribution in [1.82, 2.24) is 0 Å². The zero-order valence-corrected chi connectivity index (χ0v) is 10.4. The molecule has 13 heavy (non-hydrogen) atoms. The van der Waals surface area contributed by atoms with E-state index in [9.17, 15) is 4.79 Å². The molecule has 0 atom stereocenters. The summed E-state index contributed by atoms with van der Waals surface area (Å²) in [4.78, 5) is 10.7. The van der Waals surface area contributed by atoms with Gasteiger partial charge in [0.2, 0.25) is 0 Å². The van der Waals surface area contributed by atoms with Crippen LogP contribution in [0.4, 0.5) is 0 Å². The van der Waals surface area contributed by atoms with Gasteiger partial charge in [0.25, 0.3) is 0 Å². The van der Waals surface area contributed by atoms with E-state index in [0.29, 0.717) is 13.8 Å². The SMILES string of the molecule is COc1cc(I)c(C(=O)O)cc1Br. The predicted molar refractivity (Wildman–Crippen MR) is 60.4 cm³/mol. The molecule has 1 aromatic carbocycles. The van der Waals surface area contributed by atoms with Crippen molar-refractivity contribution in [2.24, 2.45) is 0 Å². The van der Waals surface area contributed by atoms with Crippen molar-refractivity contribution in [3.63, 3.8) is 0 Å². The van der Waals surface area contributed by atoms with Gasteiger partial charge in [-0.3, -0.25) is 0 Å². The molecule has 0 saturated carbocycles. The van der Waals surface area contributed by atoms with E-state index in [4.69, 9.17) is 9.84 Å². The van der Waals surface area contributed by atoms with E-state index < -0.39 is 5.97 Å². The number of rotatable bonds is 2. The van der Waals surface area contributed by atoms with Crippen LogP contribution in [0.25, 0.3) is 0 Å². The highest BCUT2D eigenvalue weighted by Crippen LogP contribution is 2.29. The van der Waals surface area contributed by atoms with Gasteiger partial charge in [0.15, 0.2) is 0 Å². The average molecular weight is 357 g/mol. The molecule has 0 radical (unpaired) electrons. The van der Waals surface area contributed by atoms with Crippen LogP contribution in [0.2, 0.25) is 0 Å². The summed E-state index contributed by atoms with van der Waals surface area (Å²) in [6.07, 6.45) is 0. The molecule has 1 N–H and O–H groups in total. The van der Waals surface area contributed by atoms with Gasteiger partial charge in [0.1, 0.15) is 5.75 Å². The molecule has 0 aliphatic heterocycles. The second kappa shape index (κ2) is 4.28. The molecule has 5 heteroatoms. The van der Waals surface area contributed by atoms with Crippen LogP contribution in [-0.2, 0) is 0 Å². The Morgan fingerprint density at radius 1 is 1.62 bits per heavy atom. The number of methoxy groups -OCH3 is 1. The van der Waals surface area contributed by atoms with Crippen LogP contribution in [0, 0.1) is 3.57 Å². The van der Waals surface area contributed by atoms with Gasteiger partial charge in [-0.1, -0.05) is 0 Å². The molecule has 1 aromatic rings. The van der Waals surface area contributed by atoms with Crippen molar-refractivity contribution in [3.8, 4) is 5.75 Å². The Morgan fingerprint density at radius 3 is 2.69 bits per heavy atom. The molecule has 0 aliphatic rings. The van der Waals surface area contributed by atoms with E-state index >= 15 is 0 Å². The third-order valence-electron chi connectivity index (χ3n) is 1.47. The quantitative estimate of drug-likeness (QED) is 0.829. The van der Waals surface area contributed by atoms with Gasteiger partial charge < -0.3 is 9.84 Å². The van der Waals surface area contributed by atoms with E-state index in [1.54, 1.807) is 6.07 Å². The topological polar surface area (TPSA) is 46.5 Å². The molecule has 0 unspecified atom stereocenters. The minimum Gasteiger partial charge on any atom is -0.496 e. The summed E-state index contributed by atoms with van der Waals surface area (Å²) in [5, 5.41) is 8.79. The standard InChI is InChI=1S/C8H6BrIO3/c1-13-7-3-6(10)4(8(11)12)2-5(7)9/h2-3H,1H3,(H,11,12). The van der Waals surface area contributed by atoms with Gasteiger partial charge in [-0.05, 0) is 50.7 Å². The van der Waals surface area contributed by atoms with E-state index in [1.165, 1.54) is 13.2 Å². The Hall–Kier alpha value is -0.300. The molecule has 0 bridgehead atoms. The van der Waals surface area contributed by atoms with E-state index in [2.05, 4.69) is 15.9 Å². The molecular weight excluding hydrogens is 351 g/mol. The largest absolute Gasteiger partial charge is 0.496 e. The normalized spacial score (nSPS) is 9.77. The van der Waals surface area contributed by atoms with Crippen molar-refractivity contribution in [1.29, 1.82) is 0 Å². The number of ether oxygens (including phenoxy) is 1. The van der Waals surface area contributed by atoms with Crippen LogP contribution in [0.1, 0.15) is 10.4 Å². The Balaban J connectivity index is 3.28. The molecular formula is C8H6BrIO3. The summed E-state index contributed by atoms with van der Waals surface area (Å²) in [5.74, 6) is -0.304. The van der Waals surface area contributed by atoms with Gasteiger partial charge in [-0.25, -0.2) is 4.79 Å². The molecule has 0 spiro atoms. The van der Waals surface area contributed by atoms with Gasteiger partial charge >= 0.3 is 5.97 Å². The molecule has 3 nitrogen and oxygen atoms in total. The molecule has 0 aromatic heterocycles. The monoisotopic (exact) mass is 356 g/mol. The molecule has 0 saturated heterocycles. The summed E-state index contributed by atoms with van der Waals surface area (Å²) >= 11 is 5.18. The third kappa shape index (κ3) is 2.34. The maximum absolute atomic E-state index is 10.7. The predicted octanol–water partition coefficient (Wildman–Crippen LogP) is 2.76. The van der Waals surface area contributed by atoms with Crippen LogP contribution in [-0.4, -0.2) is 18.2 Å². The Bertz CT molecular complexity index is 351. The lowest BCUT2D eigenvalue weighted by molar-refractivity contribution is 0.0695. The number of carboxylic acids is 1. The molecule has 0 aliphatic carbocycles. The Kier molecular flexibility index (Phi) is 3.55. The van der Waals surface area contributed by atoms with Gasteiger partial charge in [0, 0.05) is 3.57 Å². The average Bonchev–Trinajstić information content (AvgIpc) is 2.07. The summed E-state index contributed by atoms with van der Waals surface area (Å²) in [7, 11) is 1.54. The summed E-state index contributed by atoms with van der Waals surface area (Å²) in [6.45, 7) is 0. The maximum Gasteiger partial charge on any atom is 0.336 e. The smallest absolute Gasteiger partial charge is 0.336 e. The number of halogens is 2. The first-order valence-electron chi connectivity index (χ1n) is 3.32. The highest BCUT2D eigenvalue weighted by molar-refractivity contribution is 14.1. The minimum atomic E-state index is -0.937. The van der Waals surface area contributed by atoms with E-state index in [-0.39, 0.29) is 5.56 Å². The fourth-order valence-corrected chi connectivity index (χ4v) is 2.02. The minimum absolute atomic E-state index is 0.272. The van der Waals surface area contributed by atoms with E-state index in [0.717, 1.165) is 0 Å². The highest BCUT2D eigenvalue weighted by Gasteiger charge is 2.11. The van der Waals surface area contributed by atoms with Crippen LogP contribution in [0.15, 0.2) is 16.6 Å². The number of benzene rings is 1.